The van der Waals surface area contributed by atoms with Crippen LogP contribution >= 0.6 is 0 Å². The molecule has 2 aromatic carbocycles. The number of halogens is 1. The summed E-state index contributed by atoms with van der Waals surface area (Å²) in [6.07, 6.45) is 0. The van der Waals surface area contributed by atoms with Crippen molar-refractivity contribution in [1.82, 2.24) is 10.2 Å². The maximum Gasteiger partial charge on any atom is 0.254 e. The number of benzene rings is 2. The van der Waals surface area contributed by atoms with Gasteiger partial charge in [0.2, 0.25) is 0 Å². The van der Waals surface area contributed by atoms with Crippen molar-refractivity contribution in [2.24, 2.45) is 0 Å². The van der Waals surface area contributed by atoms with Crippen LogP contribution in [0.15, 0.2) is 48.5 Å². The van der Waals surface area contributed by atoms with Gasteiger partial charge in [-0.1, -0.05) is 18.2 Å². The van der Waals surface area contributed by atoms with Crippen LogP contribution in [0.5, 0.6) is 5.75 Å². The molecule has 24 heavy (non-hydrogen) atoms. The minimum Gasteiger partial charge on any atom is -0.489 e. The Morgan fingerprint density at radius 2 is 2.12 bits per heavy atom. The summed E-state index contributed by atoms with van der Waals surface area (Å²) in [4.78, 5) is 14.6. The molecule has 126 valence electrons. The van der Waals surface area contributed by atoms with Crippen molar-refractivity contribution >= 4 is 5.91 Å². The molecular weight excluding hydrogens is 307 g/mol. The lowest BCUT2D eigenvalue weighted by Gasteiger charge is -2.34. The minimum atomic E-state index is -0.330. The van der Waals surface area contributed by atoms with E-state index >= 15 is 0 Å². The smallest absolute Gasteiger partial charge is 0.254 e. The summed E-state index contributed by atoms with van der Waals surface area (Å²) in [6.45, 7) is 4.68. The van der Waals surface area contributed by atoms with Crippen LogP contribution in [0.3, 0.4) is 0 Å². The molecule has 0 unspecified atom stereocenters. The zero-order chi connectivity index (χ0) is 16.9. The van der Waals surface area contributed by atoms with E-state index in [1.807, 2.05) is 36.1 Å². The number of carbonyl (C=O) groups excluding carboxylic acids is 1. The molecule has 0 spiro atoms. The second-order valence-electron chi connectivity index (χ2n) is 6.00. The van der Waals surface area contributed by atoms with Crippen molar-refractivity contribution in [3.8, 4) is 5.75 Å². The van der Waals surface area contributed by atoms with Gasteiger partial charge in [-0.25, -0.2) is 4.39 Å². The maximum absolute atomic E-state index is 13.2. The van der Waals surface area contributed by atoms with Crippen molar-refractivity contribution in [1.29, 1.82) is 0 Å². The van der Waals surface area contributed by atoms with Crippen LogP contribution in [-0.2, 0) is 6.61 Å². The standard InChI is InChI=1S/C19H21FN2O2/c1-14-12-21-8-9-22(14)19(23)16-5-2-4-15(10-16)13-24-18-7-3-6-17(20)11-18/h2-7,10-11,14,21H,8-9,12-13H2,1H3/t14-/m1/s1. The minimum absolute atomic E-state index is 0.0385. The molecule has 0 radical (unpaired) electrons. The number of rotatable bonds is 4. The molecule has 1 saturated heterocycles. The number of hydrogen-bond acceptors (Lipinski definition) is 3. The number of hydrogen-bond donors (Lipinski definition) is 1. The Morgan fingerprint density at radius 3 is 2.92 bits per heavy atom. The van der Waals surface area contributed by atoms with Crippen LogP contribution < -0.4 is 10.1 Å². The monoisotopic (exact) mass is 328 g/mol. The number of nitrogens with zero attached hydrogens (tertiary/aromatic N) is 1. The van der Waals surface area contributed by atoms with Crippen molar-refractivity contribution in [3.63, 3.8) is 0 Å². The van der Waals surface area contributed by atoms with Crippen molar-refractivity contribution in [2.45, 2.75) is 19.6 Å². The first-order valence-corrected chi connectivity index (χ1v) is 8.12. The highest BCUT2D eigenvalue weighted by atomic mass is 19.1. The van der Waals surface area contributed by atoms with Crippen molar-refractivity contribution < 1.29 is 13.9 Å². The van der Waals surface area contributed by atoms with E-state index < -0.39 is 0 Å². The first kappa shape index (κ1) is 16.5. The second-order valence-corrected chi connectivity index (χ2v) is 6.00. The number of ether oxygens (including phenoxy) is 1. The van der Waals surface area contributed by atoms with Gasteiger partial charge in [-0.3, -0.25) is 4.79 Å². The van der Waals surface area contributed by atoms with E-state index in [0.717, 1.165) is 18.7 Å². The maximum atomic E-state index is 13.2. The third-order valence-corrected chi connectivity index (χ3v) is 4.14. The third kappa shape index (κ3) is 3.92. The van der Waals surface area contributed by atoms with Crippen molar-refractivity contribution in [2.75, 3.05) is 19.6 Å². The number of carbonyl (C=O) groups is 1. The number of nitrogens with one attached hydrogen (secondary N) is 1. The predicted octanol–water partition coefficient (Wildman–Crippen LogP) is 2.84. The van der Waals surface area contributed by atoms with Gasteiger partial charge in [-0.2, -0.15) is 0 Å². The lowest BCUT2D eigenvalue weighted by atomic mass is 10.1. The Morgan fingerprint density at radius 1 is 1.29 bits per heavy atom. The SMILES string of the molecule is C[C@@H]1CNCCN1C(=O)c1cccc(COc2cccc(F)c2)c1. The Kier molecular flexibility index (Phi) is 5.11. The molecule has 2 aromatic rings. The Balaban J connectivity index is 1.68. The van der Waals surface area contributed by atoms with Gasteiger partial charge in [0.1, 0.15) is 18.2 Å². The zero-order valence-electron chi connectivity index (χ0n) is 13.7. The molecule has 1 amide bonds. The van der Waals surface area contributed by atoms with Gasteiger partial charge in [-0.05, 0) is 36.8 Å². The molecule has 0 aromatic heterocycles. The van der Waals surface area contributed by atoms with Crippen LogP contribution in [0.25, 0.3) is 0 Å². The Bertz CT molecular complexity index is 720. The van der Waals surface area contributed by atoms with E-state index in [4.69, 9.17) is 4.74 Å². The fourth-order valence-corrected chi connectivity index (χ4v) is 2.83. The average molecular weight is 328 g/mol. The van der Waals surface area contributed by atoms with Gasteiger partial charge in [0.25, 0.3) is 5.91 Å². The second kappa shape index (κ2) is 7.45. The third-order valence-electron chi connectivity index (χ3n) is 4.14. The highest BCUT2D eigenvalue weighted by molar-refractivity contribution is 5.94. The first-order valence-electron chi connectivity index (χ1n) is 8.12. The lowest BCUT2D eigenvalue weighted by molar-refractivity contribution is 0.0655. The number of piperazine rings is 1. The predicted molar refractivity (Wildman–Crippen MR) is 90.5 cm³/mol. The van der Waals surface area contributed by atoms with Crippen LogP contribution in [0.1, 0.15) is 22.8 Å². The van der Waals surface area contributed by atoms with Gasteiger partial charge >= 0.3 is 0 Å². The normalized spacial score (nSPS) is 17.6. The highest BCUT2D eigenvalue weighted by Crippen LogP contribution is 2.16. The fraction of sp³-hybridized carbons (Fsp3) is 0.316. The molecule has 0 saturated carbocycles. The van der Waals surface area contributed by atoms with Gasteiger partial charge in [0.15, 0.2) is 0 Å². The molecule has 5 heteroatoms. The summed E-state index contributed by atoms with van der Waals surface area (Å²) in [5.74, 6) is 0.184. The van der Waals surface area contributed by atoms with Gasteiger partial charge in [0.05, 0.1) is 0 Å². The fourth-order valence-electron chi connectivity index (χ4n) is 2.83. The molecule has 1 N–H and O–H groups in total. The highest BCUT2D eigenvalue weighted by Gasteiger charge is 2.24. The van der Waals surface area contributed by atoms with E-state index in [1.165, 1.54) is 12.1 Å². The van der Waals surface area contributed by atoms with E-state index in [0.29, 0.717) is 24.5 Å². The quantitative estimate of drug-likeness (QED) is 0.938. The summed E-state index contributed by atoms with van der Waals surface area (Å²) >= 11 is 0. The lowest BCUT2D eigenvalue weighted by Crippen LogP contribution is -2.52. The molecule has 1 heterocycles. The molecule has 1 atom stereocenters. The molecule has 1 fully saturated rings. The van der Waals surface area contributed by atoms with Gasteiger partial charge in [-0.15, -0.1) is 0 Å². The molecule has 3 rings (SSSR count). The van der Waals surface area contributed by atoms with E-state index in [1.54, 1.807) is 12.1 Å². The van der Waals surface area contributed by atoms with Gasteiger partial charge < -0.3 is 15.0 Å². The molecule has 0 bridgehead atoms. The van der Waals surface area contributed by atoms with Crippen LogP contribution in [0, 0.1) is 5.82 Å². The Labute approximate surface area is 141 Å². The Hall–Kier alpha value is -2.40. The molecule has 1 aliphatic heterocycles. The van der Waals surface area contributed by atoms with E-state index in [9.17, 15) is 9.18 Å². The van der Waals surface area contributed by atoms with Crippen molar-refractivity contribution in [3.05, 3.63) is 65.5 Å². The molecule has 0 aliphatic carbocycles. The van der Waals surface area contributed by atoms with Crippen LogP contribution in [0.4, 0.5) is 4.39 Å². The zero-order valence-corrected chi connectivity index (χ0v) is 13.7. The van der Waals surface area contributed by atoms with Crippen LogP contribution in [0.2, 0.25) is 0 Å². The molecular formula is C19H21FN2O2. The largest absolute Gasteiger partial charge is 0.489 e. The summed E-state index contributed by atoms with van der Waals surface area (Å²) in [7, 11) is 0. The molecule has 1 aliphatic rings. The summed E-state index contributed by atoms with van der Waals surface area (Å²) in [5, 5.41) is 3.28. The average Bonchev–Trinajstić information content (AvgIpc) is 2.60. The van der Waals surface area contributed by atoms with E-state index in [-0.39, 0.29) is 17.8 Å². The summed E-state index contributed by atoms with van der Waals surface area (Å²) < 4.78 is 18.8. The first-order chi connectivity index (χ1) is 11.6. The molecule has 4 nitrogen and oxygen atoms in total. The summed E-state index contributed by atoms with van der Waals surface area (Å²) in [5.41, 5.74) is 1.54. The summed E-state index contributed by atoms with van der Waals surface area (Å²) in [6, 6.07) is 13.6. The number of amides is 1. The topological polar surface area (TPSA) is 41.6 Å². The van der Waals surface area contributed by atoms with Crippen LogP contribution in [-0.4, -0.2) is 36.5 Å². The van der Waals surface area contributed by atoms with Gasteiger partial charge in [0, 0.05) is 37.3 Å². The van der Waals surface area contributed by atoms with E-state index in [2.05, 4.69) is 5.32 Å².